The Bertz CT molecular complexity index is 1270. The fourth-order valence-electron chi connectivity index (χ4n) is 3.38. The summed E-state index contributed by atoms with van der Waals surface area (Å²) in [7, 11) is 0. The molecule has 136 valence electrons. The van der Waals surface area contributed by atoms with Crippen LogP contribution in [0.4, 0.5) is 11.5 Å². The van der Waals surface area contributed by atoms with Gasteiger partial charge in [0.15, 0.2) is 0 Å². The van der Waals surface area contributed by atoms with E-state index in [1.807, 2.05) is 12.3 Å². The summed E-state index contributed by atoms with van der Waals surface area (Å²) < 4.78 is 1.16. The molecular weight excluding hydrogens is 461 g/mol. The molecule has 3 aromatic carbocycles. The van der Waals surface area contributed by atoms with Gasteiger partial charge in [-0.3, -0.25) is 5.10 Å². The minimum absolute atomic E-state index is 0.711. The number of rotatable bonds is 4. The van der Waals surface area contributed by atoms with Crippen LogP contribution in [-0.2, 0) is 6.54 Å². The first-order valence-corrected chi connectivity index (χ1v) is 10.0. The second-order valence-electron chi connectivity index (χ2n) is 6.57. The van der Waals surface area contributed by atoms with Crippen molar-refractivity contribution in [3.8, 4) is 0 Å². The van der Waals surface area contributed by atoms with Gasteiger partial charge in [0.2, 0.25) is 0 Å². The van der Waals surface area contributed by atoms with Crippen molar-refractivity contribution in [2.24, 2.45) is 0 Å². The molecular formula is C22H16IN5. The van der Waals surface area contributed by atoms with E-state index in [0.29, 0.717) is 6.54 Å². The third kappa shape index (κ3) is 3.20. The fraction of sp³-hybridized carbons (Fsp3) is 0.0455. The van der Waals surface area contributed by atoms with Crippen molar-refractivity contribution in [2.45, 2.75) is 6.54 Å². The molecule has 0 spiro atoms. The molecule has 5 aromatic rings. The molecule has 2 heterocycles. The maximum Gasteiger partial charge on any atom is 0.144 e. The van der Waals surface area contributed by atoms with Crippen LogP contribution in [0.5, 0.6) is 0 Å². The Morgan fingerprint density at radius 1 is 0.929 bits per heavy atom. The Morgan fingerprint density at radius 2 is 1.82 bits per heavy atom. The lowest BCUT2D eigenvalue weighted by atomic mass is 10.1. The van der Waals surface area contributed by atoms with Crippen LogP contribution in [0, 0.1) is 3.57 Å². The lowest BCUT2D eigenvalue weighted by molar-refractivity contribution is 0.949. The Morgan fingerprint density at radius 3 is 2.71 bits per heavy atom. The highest BCUT2D eigenvalue weighted by Gasteiger charge is 2.16. The van der Waals surface area contributed by atoms with E-state index in [1.165, 1.54) is 5.56 Å². The zero-order valence-corrected chi connectivity index (χ0v) is 17.0. The van der Waals surface area contributed by atoms with E-state index in [2.05, 4.69) is 108 Å². The number of hydrogen-bond acceptors (Lipinski definition) is 4. The number of anilines is 2. The Labute approximate surface area is 175 Å². The first-order chi connectivity index (χ1) is 13.8. The number of aromatic amines is 1. The van der Waals surface area contributed by atoms with Crippen molar-refractivity contribution in [3.63, 3.8) is 0 Å². The summed E-state index contributed by atoms with van der Waals surface area (Å²) in [6, 6.07) is 23.0. The maximum absolute atomic E-state index is 4.67. The summed E-state index contributed by atoms with van der Waals surface area (Å²) in [6.07, 6.45) is 3.49. The van der Waals surface area contributed by atoms with E-state index in [-0.39, 0.29) is 0 Å². The van der Waals surface area contributed by atoms with Crippen LogP contribution in [0.1, 0.15) is 5.56 Å². The fourth-order valence-corrected chi connectivity index (χ4v) is 3.86. The summed E-state index contributed by atoms with van der Waals surface area (Å²) in [4.78, 5) is 11.4. The molecule has 28 heavy (non-hydrogen) atoms. The standard InChI is InChI=1S/C22H16IN5/c23-17-6-8-19-21(11-17)24-14-25-22(19)28(13-15-4-2-1-3-5-15)18-7-9-20-16(10-18)12-26-27-20/h1-12,14H,13H2,(H,26,27). The Kier molecular flexibility index (Phi) is 4.40. The van der Waals surface area contributed by atoms with E-state index in [1.54, 1.807) is 6.33 Å². The van der Waals surface area contributed by atoms with Gasteiger partial charge in [-0.15, -0.1) is 0 Å². The molecule has 6 heteroatoms. The first-order valence-electron chi connectivity index (χ1n) is 8.93. The molecule has 0 atom stereocenters. The average molecular weight is 477 g/mol. The van der Waals surface area contributed by atoms with E-state index >= 15 is 0 Å². The van der Waals surface area contributed by atoms with Gasteiger partial charge in [0.25, 0.3) is 0 Å². The minimum atomic E-state index is 0.711. The molecule has 0 fully saturated rings. The normalized spacial score (nSPS) is 11.2. The number of nitrogens with zero attached hydrogens (tertiary/aromatic N) is 4. The largest absolute Gasteiger partial charge is 0.321 e. The zero-order valence-electron chi connectivity index (χ0n) is 14.9. The van der Waals surface area contributed by atoms with Gasteiger partial charge in [-0.2, -0.15) is 5.10 Å². The second-order valence-corrected chi connectivity index (χ2v) is 7.82. The average Bonchev–Trinajstić information content (AvgIpc) is 3.20. The van der Waals surface area contributed by atoms with Crippen LogP contribution >= 0.6 is 22.6 Å². The Balaban J connectivity index is 1.69. The number of benzene rings is 3. The van der Waals surface area contributed by atoms with Gasteiger partial charge in [-0.05, 0) is 64.6 Å². The van der Waals surface area contributed by atoms with E-state index in [0.717, 1.165) is 36.9 Å². The molecule has 0 amide bonds. The minimum Gasteiger partial charge on any atom is -0.321 e. The molecule has 0 saturated carbocycles. The van der Waals surface area contributed by atoms with Crippen molar-refractivity contribution in [3.05, 3.63) is 88.4 Å². The smallest absolute Gasteiger partial charge is 0.144 e. The molecule has 0 radical (unpaired) electrons. The highest BCUT2D eigenvalue weighted by molar-refractivity contribution is 14.1. The van der Waals surface area contributed by atoms with Gasteiger partial charge < -0.3 is 4.90 Å². The lowest BCUT2D eigenvalue weighted by Gasteiger charge is -2.25. The second kappa shape index (κ2) is 7.20. The molecule has 0 aliphatic carbocycles. The van der Waals surface area contributed by atoms with Crippen molar-refractivity contribution in [1.29, 1.82) is 0 Å². The molecule has 5 nitrogen and oxygen atoms in total. The van der Waals surface area contributed by atoms with Gasteiger partial charge in [0.1, 0.15) is 12.1 Å². The van der Waals surface area contributed by atoms with Crippen molar-refractivity contribution in [2.75, 3.05) is 4.90 Å². The third-order valence-electron chi connectivity index (χ3n) is 4.75. The summed E-state index contributed by atoms with van der Waals surface area (Å²) in [5, 5.41) is 9.27. The van der Waals surface area contributed by atoms with Gasteiger partial charge >= 0.3 is 0 Å². The quantitative estimate of drug-likeness (QED) is 0.350. The van der Waals surface area contributed by atoms with Gasteiger partial charge in [0.05, 0.1) is 17.2 Å². The van der Waals surface area contributed by atoms with Crippen LogP contribution in [0.3, 0.4) is 0 Å². The zero-order chi connectivity index (χ0) is 18.9. The maximum atomic E-state index is 4.67. The van der Waals surface area contributed by atoms with Gasteiger partial charge in [-0.1, -0.05) is 30.3 Å². The van der Waals surface area contributed by atoms with Crippen LogP contribution in [-0.4, -0.2) is 20.2 Å². The third-order valence-corrected chi connectivity index (χ3v) is 5.42. The summed E-state index contributed by atoms with van der Waals surface area (Å²) in [5.41, 5.74) is 4.24. The van der Waals surface area contributed by atoms with Crippen LogP contribution < -0.4 is 4.90 Å². The molecule has 5 rings (SSSR count). The number of fused-ring (bicyclic) bond motifs is 2. The molecule has 0 aliphatic rings. The number of H-pyrrole nitrogens is 1. The van der Waals surface area contributed by atoms with Crippen LogP contribution in [0.25, 0.3) is 21.8 Å². The predicted molar refractivity (Wildman–Crippen MR) is 121 cm³/mol. The molecule has 1 N–H and O–H groups in total. The van der Waals surface area contributed by atoms with Gasteiger partial charge in [-0.25, -0.2) is 9.97 Å². The summed E-state index contributed by atoms with van der Waals surface area (Å²) in [6.45, 7) is 0.711. The van der Waals surface area contributed by atoms with E-state index < -0.39 is 0 Å². The number of hydrogen-bond donors (Lipinski definition) is 1. The molecule has 0 bridgehead atoms. The van der Waals surface area contributed by atoms with Crippen molar-refractivity contribution in [1.82, 2.24) is 20.2 Å². The highest BCUT2D eigenvalue weighted by Crippen LogP contribution is 2.33. The summed E-state index contributed by atoms with van der Waals surface area (Å²) in [5.74, 6) is 0.896. The van der Waals surface area contributed by atoms with Crippen LogP contribution in [0.2, 0.25) is 0 Å². The Hall–Kier alpha value is -3.00. The molecule has 0 aliphatic heterocycles. The lowest BCUT2D eigenvalue weighted by Crippen LogP contribution is -2.18. The first kappa shape index (κ1) is 17.1. The van der Waals surface area contributed by atoms with Gasteiger partial charge in [0, 0.05) is 26.6 Å². The van der Waals surface area contributed by atoms with Crippen molar-refractivity contribution >= 4 is 55.9 Å². The molecule has 2 aromatic heterocycles. The SMILES string of the molecule is Ic1ccc2c(N(Cc3ccccc3)c3ccc4[nH]ncc4c3)ncnc2c1. The van der Waals surface area contributed by atoms with E-state index in [4.69, 9.17) is 0 Å². The monoisotopic (exact) mass is 477 g/mol. The number of halogens is 1. The van der Waals surface area contributed by atoms with Crippen LogP contribution in [0.15, 0.2) is 79.3 Å². The number of nitrogens with one attached hydrogen (secondary N) is 1. The van der Waals surface area contributed by atoms with E-state index in [9.17, 15) is 0 Å². The predicted octanol–water partition coefficient (Wildman–Crippen LogP) is 5.45. The van der Waals surface area contributed by atoms with Crippen molar-refractivity contribution < 1.29 is 0 Å². The molecule has 0 unspecified atom stereocenters. The molecule has 0 saturated heterocycles. The highest BCUT2D eigenvalue weighted by atomic mass is 127. The summed E-state index contributed by atoms with van der Waals surface area (Å²) >= 11 is 2.31. The number of aromatic nitrogens is 4. The topological polar surface area (TPSA) is 57.7 Å².